The Labute approximate surface area is 167 Å². The molecule has 0 amide bonds. The fraction of sp³-hybridized carbons (Fsp3) is 0.143. The number of hydrogen-bond acceptors (Lipinski definition) is 8. The van der Waals surface area contributed by atoms with Crippen LogP contribution in [-0.4, -0.2) is 34.2 Å². The van der Waals surface area contributed by atoms with Crippen LogP contribution < -0.4 is 20.5 Å². The average molecular weight is 388 g/mol. The summed E-state index contributed by atoms with van der Waals surface area (Å²) in [5, 5.41) is 3.29. The molecule has 2 heterocycles. The smallest absolute Gasteiger partial charge is 0.224 e. The molecule has 0 aliphatic carbocycles. The van der Waals surface area contributed by atoms with Crippen LogP contribution in [0.2, 0.25) is 0 Å². The van der Waals surface area contributed by atoms with Gasteiger partial charge in [-0.05, 0) is 23.8 Å². The minimum absolute atomic E-state index is 0.140. The van der Waals surface area contributed by atoms with Gasteiger partial charge in [-0.2, -0.15) is 9.97 Å². The third-order valence-corrected chi connectivity index (χ3v) is 4.41. The normalized spacial score (nSPS) is 10.7. The van der Waals surface area contributed by atoms with Crippen molar-refractivity contribution in [2.75, 3.05) is 25.3 Å². The van der Waals surface area contributed by atoms with Crippen molar-refractivity contribution >= 4 is 22.9 Å². The van der Waals surface area contributed by atoms with E-state index < -0.39 is 0 Å². The summed E-state index contributed by atoms with van der Waals surface area (Å²) in [6.45, 7) is 0.578. The lowest BCUT2D eigenvalue weighted by molar-refractivity contribution is 0.355. The summed E-state index contributed by atoms with van der Waals surface area (Å²) in [7, 11) is 3.19. The zero-order valence-electron chi connectivity index (χ0n) is 16.1. The summed E-state index contributed by atoms with van der Waals surface area (Å²) < 4.78 is 10.7. The number of nitrogens with two attached hydrogens (primary N) is 1. The third-order valence-electron chi connectivity index (χ3n) is 4.41. The number of hydrogen-bond donors (Lipinski definition) is 2. The van der Waals surface area contributed by atoms with E-state index >= 15 is 0 Å². The van der Waals surface area contributed by atoms with E-state index in [1.165, 1.54) is 0 Å². The topological polar surface area (TPSA) is 108 Å². The highest BCUT2D eigenvalue weighted by atomic mass is 16.5. The van der Waals surface area contributed by atoms with Gasteiger partial charge in [-0.15, -0.1) is 0 Å². The van der Waals surface area contributed by atoms with Crippen LogP contribution in [0.25, 0.3) is 22.4 Å². The summed E-state index contributed by atoms with van der Waals surface area (Å²) in [6, 6.07) is 15.6. The lowest BCUT2D eigenvalue weighted by Gasteiger charge is -2.11. The van der Waals surface area contributed by atoms with E-state index in [0.717, 1.165) is 11.1 Å². The molecule has 0 radical (unpaired) electrons. The average Bonchev–Trinajstić information content (AvgIpc) is 2.77. The Bertz CT molecular complexity index is 1150. The molecule has 0 saturated heterocycles. The molecule has 2 aromatic heterocycles. The maximum absolute atomic E-state index is 5.85. The van der Waals surface area contributed by atoms with Crippen LogP contribution in [0.5, 0.6) is 11.5 Å². The second-order valence-corrected chi connectivity index (χ2v) is 6.27. The predicted octanol–water partition coefficient (Wildman–Crippen LogP) is 3.30. The van der Waals surface area contributed by atoms with Crippen molar-refractivity contribution < 1.29 is 9.47 Å². The molecule has 0 atom stereocenters. The molecule has 0 fully saturated rings. The van der Waals surface area contributed by atoms with Crippen LogP contribution in [0.4, 0.5) is 11.8 Å². The number of methoxy groups -OCH3 is 2. The second-order valence-electron chi connectivity index (χ2n) is 6.27. The summed E-state index contributed by atoms with van der Waals surface area (Å²) in [5.74, 6) is 1.93. The van der Waals surface area contributed by atoms with Crippen LogP contribution in [0.3, 0.4) is 0 Å². The van der Waals surface area contributed by atoms with Gasteiger partial charge in [0.15, 0.2) is 28.5 Å². The number of ether oxygens (including phenoxy) is 2. The quantitative estimate of drug-likeness (QED) is 0.518. The number of nitrogens with one attached hydrogen (secondary N) is 1. The van der Waals surface area contributed by atoms with Crippen LogP contribution in [0, 0.1) is 0 Å². The number of fused-ring (bicyclic) bond motifs is 1. The van der Waals surface area contributed by atoms with E-state index in [2.05, 4.69) is 20.3 Å². The number of anilines is 2. The molecule has 8 heteroatoms. The Morgan fingerprint density at radius 3 is 2.48 bits per heavy atom. The fourth-order valence-corrected chi connectivity index (χ4v) is 2.96. The van der Waals surface area contributed by atoms with E-state index in [-0.39, 0.29) is 5.95 Å². The van der Waals surface area contributed by atoms with Crippen LogP contribution in [0.15, 0.2) is 54.7 Å². The third kappa shape index (κ3) is 3.86. The Hall–Kier alpha value is -3.94. The molecule has 3 N–H and O–H groups in total. The molecule has 146 valence electrons. The first-order chi connectivity index (χ1) is 14.2. The maximum Gasteiger partial charge on any atom is 0.224 e. The molecule has 0 aliphatic heterocycles. The minimum atomic E-state index is 0.140. The van der Waals surface area contributed by atoms with E-state index in [1.807, 2.05) is 48.5 Å². The highest BCUT2D eigenvalue weighted by molar-refractivity contribution is 5.85. The molecule has 2 aromatic carbocycles. The molecule has 0 bridgehead atoms. The zero-order chi connectivity index (χ0) is 20.2. The van der Waals surface area contributed by atoms with Crippen molar-refractivity contribution in [3.05, 3.63) is 60.3 Å². The zero-order valence-corrected chi connectivity index (χ0v) is 16.1. The number of benzene rings is 2. The summed E-state index contributed by atoms with van der Waals surface area (Å²) >= 11 is 0. The van der Waals surface area contributed by atoms with Crippen LogP contribution in [-0.2, 0) is 6.54 Å². The van der Waals surface area contributed by atoms with E-state index in [4.69, 9.17) is 20.2 Å². The molecule has 0 saturated carbocycles. The fourth-order valence-electron chi connectivity index (χ4n) is 2.96. The number of rotatable bonds is 6. The Morgan fingerprint density at radius 1 is 0.931 bits per heavy atom. The van der Waals surface area contributed by atoms with Crippen molar-refractivity contribution in [3.8, 4) is 22.8 Å². The lowest BCUT2D eigenvalue weighted by atomic mass is 10.1. The standard InChI is InChI=1S/C21H20N6O2/c1-28-16-9-8-14(10-17(16)29-2)15-12-24-20-18(25-15)19(26-21(22)27-20)23-11-13-6-4-3-5-7-13/h3-10,12H,11H2,1-2H3,(H3,22,23,24,26,27). The van der Waals surface area contributed by atoms with Crippen molar-refractivity contribution in [3.63, 3.8) is 0 Å². The molecule has 4 aromatic rings. The van der Waals surface area contributed by atoms with E-state index in [9.17, 15) is 0 Å². The van der Waals surface area contributed by atoms with Gasteiger partial charge < -0.3 is 20.5 Å². The van der Waals surface area contributed by atoms with Gasteiger partial charge in [0.2, 0.25) is 5.95 Å². The first kappa shape index (κ1) is 18.4. The molecule has 29 heavy (non-hydrogen) atoms. The summed E-state index contributed by atoms with van der Waals surface area (Å²) in [4.78, 5) is 17.7. The first-order valence-electron chi connectivity index (χ1n) is 8.98. The van der Waals surface area contributed by atoms with Gasteiger partial charge in [-0.25, -0.2) is 9.97 Å². The molecule has 0 aliphatic rings. The van der Waals surface area contributed by atoms with E-state index in [1.54, 1.807) is 20.4 Å². The largest absolute Gasteiger partial charge is 0.493 e. The molecule has 0 unspecified atom stereocenters. The van der Waals surface area contributed by atoms with Gasteiger partial charge in [0.1, 0.15) is 0 Å². The van der Waals surface area contributed by atoms with Crippen molar-refractivity contribution in [2.45, 2.75) is 6.54 Å². The number of nitrogen functional groups attached to an aromatic ring is 1. The van der Waals surface area contributed by atoms with Gasteiger partial charge >= 0.3 is 0 Å². The highest BCUT2D eigenvalue weighted by Crippen LogP contribution is 2.32. The molecular weight excluding hydrogens is 368 g/mol. The highest BCUT2D eigenvalue weighted by Gasteiger charge is 2.13. The van der Waals surface area contributed by atoms with Gasteiger partial charge in [-0.1, -0.05) is 30.3 Å². The summed E-state index contributed by atoms with van der Waals surface area (Å²) in [5.41, 5.74) is 9.43. The van der Waals surface area contributed by atoms with Crippen molar-refractivity contribution in [1.29, 1.82) is 0 Å². The van der Waals surface area contributed by atoms with Gasteiger partial charge in [0.05, 0.1) is 26.1 Å². The van der Waals surface area contributed by atoms with Gasteiger partial charge in [-0.3, -0.25) is 0 Å². The number of nitrogens with zero attached hydrogens (tertiary/aromatic N) is 4. The summed E-state index contributed by atoms with van der Waals surface area (Å²) in [6.07, 6.45) is 1.65. The van der Waals surface area contributed by atoms with Crippen LogP contribution in [0.1, 0.15) is 5.56 Å². The molecule has 8 nitrogen and oxygen atoms in total. The molecule has 0 spiro atoms. The van der Waals surface area contributed by atoms with Crippen molar-refractivity contribution in [1.82, 2.24) is 19.9 Å². The predicted molar refractivity (Wildman–Crippen MR) is 112 cm³/mol. The van der Waals surface area contributed by atoms with E-state index in [0.29, 0.717) is 40.7 Å². The monoisotopic (exact) mass is 388 g/mol. The van der Waals surface area contributed by atoms with Crippen LogP contribution >= 0.6 is 0 Å². The Kier molecular flexibility index (Phi) is 5.07. The van der Waals surface area contributed by atoms with Gasteiger partial charge in [0.25, 0.3) is 0 Å². The van der Waals surface area contributed by atoms with Crippen molar-refractivity contribution in [2.24, 2.45) is 0 Å². The lowest BCUT2D eigenvalue weighted by Crippen LogP contribution is -2.07. The van der Waals surface area contributed by atoms with Gasteiger partial charge in [0, 0.05) is 12.1 Å². The SMILES string of the molecule is COc1ccc(-c2cnc3nc(N)nc(NCc4ccccc4)c3n2)cc1OC. The first-order valence-corrected chi connectivity index (χ1v) is 8.98. The maximum atomic E-state index is 5.85. The Morgan fingerprint density at radius 2 is 1.72 bits per heavy atom. The number of aromatic nitrogens is 4. The Balaban J connectivity index is 1.73. The molecule has 4 rings (SSSR count). The molecular formula is C21H20N6O2. The second kappa shape index (κ2) is 7.97. The minimum Gasteiger partial charge on any atom is -0.493 e.